The van der Waals surface area contributed by atoms with E-state index in [0.717, 1.165) is 27.7 Å². The molecular formula is C19H26N4O2S2. The van der Waals surface area contributed by atoms with E-state index in [1.165, 1.54) is 22.7 Å². The van der Waals surface area contributed by atoms with Crippen molar-refractivity contribution >= 4 is 39.6 Å². The molecule has 0 atom stereocenters. The maximum absolute atomic E-state index is 12.9. The van der Waals surface area contributed by atoms with Crippen LogP contribution in [0.25, 0.3) is 0 Å². The SMILES string of the molecule is Cc1csc(NC(=O)C2CCN(C(=O)c3sc(CC(C)C)nc3C)CC2)n1. The summed E-state index contributed by atoms with van der Waals surface area (Å²) in [6.07, 6.45) is 2.26. The summed E-state index contributed by atoms with van der Waals surface area (Å²) in [5.41, 5.74) is 1.73. The summed E-state index contributed by atoms with van der Waals surface area (Å²) < 4.78 is 0. The van der Waals surface area contributed by atoms with Gasteiger partial charge in [0.05, 0.1) is 16.4 Å². The minimum Gasteiger partial charge on any atom is -0.338 e. The molecule has 0 radical (unpaired) electrons. The first-order chi connectivity index (χ1) is 12.8. The van der Waals surface area contributed by atoms with Gasteiger partial charge in [-0.15, -0.1) is 22.7 Å². The Balaban J connectivity index is 1.56. The third kappa shape index (κ3) is 4.93. The molecule has 27 heavy (non-hydrogen) atoms. The average molecular weight is 407 g/mol. The highest BCUT2D eigenvalue weighted by molar-refractivity contribution is 7.14. The molecule has 6 nitrogen and oxygen atoms in total. The predicted molar refractivity (Wildman–Crippen MR) is 110 cm³/mol. The number of aryl methyl sites for hydroxylation is 2. The highest BCUT2D eigenvalue weighted by Crippen LogP contribution is 2.26. The number of likely N-dealkylation sites (tertiary alicyclic amines) is 1. The quantitative estimate of drug-likeness (QED) is 0.817. The van der Waals surface area contributed by atoms with Crippen LogP contribution < -0.4 is 5.32 Å². The number of rotatable bonds is 5. The Morgan fingerprint density at radius 2 is 1.96 bits per heavy atom. The second-order valence-electron chi connectivity index (χ2n) is 7.47. The van der Waals surface area contributed by atoms with Gasteiger partial charge in [-0.25, -0.2) is 9.97 Å². The number of carbonyl (C=O) groups is 2. The molecule has 0 aliphatic carbocycles. The van der Waals surface area contributed by atoms with Crippen LogP contribution in [0, 0.1) is 25.7 Å². The first-order valence-electron chi connectivity index (χ1n) is 9.32. The summed E-state index contributed by atoms with van der Waals surface area (Å²) >= 11 is 2.95. The van der Waals surface area contributed by atoms with Gasteiger partial charge in [0.1, 0.15) is 4.88 Å². The number of anilines is 1. The molecule has 146 valence electrons. The van der Waals surface area contributed by atoms with E-state index in [1.807, 2.05) is 24.1 Å². The predicted octanol–water partition coefficient (Wildman–Crippen LogP) is 3.91. The van der Waals surface area contributed by atoms with Crippen LogP contribution >= 0.6 is 22.7 Å². The smallest absolute Gasteiger partial charge is 0.265 e. The van der Waals surface area contributed by atoms with E-state index < -0.39 is 0 Å². The Bertz CT molecular complexity index is 820. The largest absolute Gasteiger partial charge is 0.338 e. The fraction of sp³-hybridized carbons (Fsp3) is 0.579. The number of thiazole rings is 2. The van der Waals surface area contributed by atoms with Crippen LogP contribution in [0.5, 0.6) is 0 Å². The Kier molecular flexibility index (Phi) is 6.26. The number of carbonyl (C=O) groups excluding carboxylic acids is 2. The first kappa shape index (κ1) is 19.9. The number of nitrogens with one attached hydrogen (secondary N) is 1. The average Bonchev–Trinajstić information content (AvgIpc) is 3.19. The van der Waals surface area contributed by atoms with Gasteiger partial charge >= 0.3 is 0 Å². The fourth-order valence-corrected chi connectivity index (χ4v) is 5.13. The molecule has 1 saturated heterocycles. The standard InChI is InChI=1S/C19H26N4O2S2/c1-11(2)9-15-21-13(4)16(27-15)18(25)23-7-5-14(6-8-23)17(24)22-19-20-12(3)10-26-19/h10-11,14H,5-9H2,1-4H3,(H,20,22,24). The Morgan fingerprint density at radius 1 is 1.26 bits per heavy atom. The van der Waals surface area contributed by atoms with Crippen LogP contribution in [0.2, 0.25) is 0 Å². The molecule has 8 heteroatoms. The summed E-state index contributed by atoms with van der Waals surface area (Å²) in [6.45, 7) is 9.32. The second-order valence-corrected chi connectivity index (χ2v) is 9.41. The molecule has 2 aromatic rings. The molecule has 2 amide bonds. The molecule has 1 aliphatic rings. The molecule has 3 rings (SSSR count). The minimum atomic E-state index is -0.0719. The van der Waals surface area contributed by atoms with Crippen molar-refractivity contribution in [1.29, 1.82) is 0 Å². The molecule has 3 heterocycles. The van der Waals surface area contributed by atoms with Crippen LogP contribution in [-0.4, -0.2) is 39.8 Å². The van der Waals surface area contributed by atoms with Crippen molar-refractivity contribution < 1.29 is 9.59 Å². The number of aromatic nitrogens is 2. The Labute approximate surface area is 168 Å². The van der Waals surface area contributed by atoms with E-state index in [2.05, 4.69) is 29.1 Å². The summed E-state index contributed by atoms with van der Waals surface area (Å²) in [5.74, 6) is 0.505. The van der Waals surface area contributed by atoms with Crippen LogP contribution in [-0.2, 0) is 11.2 Å². The number of amides is 2. The van der Waals surface area contributed by atoms with E-state index in [1.54, 1.807) is 0 Å². The van der Waals surface area contributed by atoms with Crippen molar-refractivity contribution in [3.05, 3.63) is 26.7 Å². The van der Waals surface area contributed by atoms with Crippen molar-refractivity contribution in [2.75, 3.05) is 18.4 Å². The van der Waals surface area contributed by atoms with Gasteiger partial charge in [-0.1, -0.05) is 13.8 Å². The summed E-state index contributed by atoms with van der Waals surface area (Å²) in [4.78, 5) is 36.7. The lowest BCUT2D eigenvalue weighted by atomic mass is 9.96. The van der Waals surface area contributed by atoms with E-state index >= 15 is 0 Å². The van der Waals surface area contributed by atoms with Gasteiger partial charge in [-0.3, -0.25) is 9.59 Å². The maximum atomic E-state index is 12.9. The molecule has 0 spiro atoms. The Morgan fingerprint density at radius 3 is 2.56 bits per heavy atom. The molecule has 1 N–H and O–H groups in total. The monoisotopic (exact) mass is 406 g/mol. The molecule has 1 fully saturated rings. The lowest BCUT2D eigenvalue weighted by Gasteiger charge is -2.31. The van der Waals surface area contributed by atoms with Crippen molar-refractivity contribution in [2.45, 2.75) is 47.0 Å². The normalized spacial score (nSPS) is 15.4. The fourth-order valence-electron chi connectivity index (χ4n) is 3.19. The topological polar surface area (TPSA) is 75.2 Å². The molecule has 0 bridgehead atoms. The van der Waals surface area contributed by atoms with Crippen molar-refractivity contribution in [3.8, 4) is 0 Å². The maximum Gasteiger partial charge on any atom is 0.265 e. The highest BCUT2D eigenvalue weighted by atomic mass is 32.1. The zero-order chi connectivity index (χ0) is 19.6. The molecule has 2 aromatic heterocycles. The highest BCUT2D eigenvalue weighted by Gasteiger charge is 2.30. The van der Waals surface area contributed by atoms with Crippen LogP contribution in [0.4, 0.5) is 5.13 Å². The summed E-state index contributed by atoms with van der Waals surface area (Å²) in [5, 5.41) is 6.49. The van der Waals surface area contributed by atoms with Crippen LogP contribution in [0.15, 0.2) is 5.38 Å². The van der Waals surface area contributed by atoms with Crippen molar-refractivity contribution in [1.82, 2.24) is 14.9 Å². The zero-order valence-corrected chi connectivity index (χ0v) is 17.9. The lowest BCUT2D eigenvalue weighted by Crippen LogP contribution is -2.41. The van der Waals surface area contributed by atoms with Crippen LogP contribution in [0.3, 0.4) is 0 Å². The summed E-state index contributed by atoms with van der Waals surface area (Å²) in [6, 6.07) is 0. The number of nitrogens with zero attached hydrogens (tertiary/aromatic N) is 3. The van der Waals surface area contributed by atoms with Crippen molar-refractivity contribution in [3.63, 3.8) is 0 Å². The number of hydrogen-bond acceptors (Lipinski definition) is 6. The number of hydrogen-bond donors (Lipinski definition) is 1. The Hall–Kier alpha value is -1.80. The second kappa shape index (κ2) is 8.48. The van der Waals surface area contributed by atoms with Crippen molar-refractivity contribution in [2.24, 2.45) is 11.8 Å². The number of piperidine rings is 1. The van der Waals surface area contributed by atoms with Gasteiger partial charge in [0.2, 0.25) is 5.91 Å². The third-order valence-electron chi connectivity index (χ3n) is 4.62. The molecule has 1 aliphatic heterocycles. The van der Waals surface area contributed by atoms with E-state index in [4.69, 9.17) is 0 Å². The molecule has 0 unspecified atom stereocenters. The van der Waals surface area contributed by atoms with Gasteiger partial charge in [-0.2, -0.15) is 0 Å². The molecule has 0 saturated carbocycles. The third-order valence-corrected chi connectivity index (χ3v) is 6.66. The van der Waals surface area contributed by atoms with E-state index in [9.17, 15) is 9.59 Å². The molecule has 0 aromatic carbocycles. The minimum absolute atomic E-state index is 0.00430. The lowest BCUT2D eigenvalue weighted by molar-refractivity contribution is -0.121. The van der Waals surface area contributed by atoms with Gasteiger partial charge in [0.25, 0.3) is 5.91 Å². The summed E-state index contributed by atoms with van der Waals surface area (Å²) in [7, 11) is 0. The first-order valence-corrected chi connectivity index (χ1v) is 11.0. The van der Waals surface area contributed by atoms with Gasteiger partial charge in [-0.05, 0) is 32.6 Å². The van der Waals surface area contributed by atoms with Gasteiger partial charge in [0, 0.05) is 30.8 Å². The zero-order valence-electron chi connectivity index (χ0n) is 16.2. The van der Waals surface area contributed by atoms with Crippen LogP contribution in [0.1, 0.15) is 52.8 Å². The van der Waals surface area contributed by atoms with Gasteiger partial charge in [0.15, 0.2) is 5.13 Å². The van der Waals surface area contributed by atoms with E-state index in [-0.39, 0.29) is 17.7 Å². The van der Waals surface area contributed by atoms with E-state index in [0.29, 0.717) is 37.0 Å². The van der Waals surface area contributed by atoms with Gasteiger partial charge < -0.3 is 10.2 Å². The molecular weight excluding hydrogens is 380 g/mol.